The van der Waals surface area contributed by atoms with E-state index in [1.165, 1.54) is 5.56 Å². The van der Waals surface area contributed by atoms with Crippen LogP contribution in [0, 0.1) is 5.92 Å². The molecule has 0 unspecified atom stereocenters. The van der Waals surface area contributed by atoms with E-state index in [1.807, 2.05) is 17.0 Å². The second-order valence-corrected chi connectivity index (χ2v) is 7.44. The molecule has 29 heavy (non-hydrogen) atoms. The van der Waals surface area contributed by atoms with E-state index in [9.17, 15) is 4.79 Å². The number of ether oxygens (including phenoxy) is 4. The van der Waals surface area contributed by atoms with Gasteiger partial charge in [0.1, 0.15) is 11.5 Å². The van der Waals surface area contributed by atoms with E-state index in [-0.39, 0.29) is 17.9 Å². The average Bonchev–Trinajstić information content (AvgIpc) is 2.75. The number of carbonyl (C=O) groups excluding carboxylic acids is 1. The highest BCUT2D eigenvalue weighted by atomic mass is 16.5. The first-order chi connectivity index (χ1) is 13.9. The normalized spacial score (nSPS) is 15.7. The molecule has 0 spiro atoms. The van der Waals surface area contributed by atoms with Gasteiger partial charge in [-0.25, -0.2) is 0 Å². The maximum Gasteiger partial charge on any atom is 0.254 e. The summed E-state index contributed by atoms with van der Waals surface area (Å²) in [5.74, 6) is 2.76. The van der Waals surface area contributed by atoms with Crippen molar-refractivity contribution >= 4 is 5.91 Å². The molecule has 1 aliphatic heterocycles. The molecule has 0 saturated carbocycles. The third-order valence-corrected chi connectivity index (χ3v) is 5.41. The highest BCUT2D eigenvalue weighted by molar-refractivity contribution is 5.95. The summed E-state index contributed by atoms with van der Waals surface area (Å²) < 4.78 is 21.6. The summed E-state index contributed by atoms with van der Waals surface area (Å²) >= 11 is 0. The maximum absolute atomic E-state index is 13.5. The Hall–Kier alpha value is -2.89. The van der Waals surface area contributed by atoms with Gasteiger partial charge in [-0.15, -0.1) is 0 Å². The van der Waals surface area contributed by atoms with Gasteiger partial charge in [0, 0.05) is 18.2 Å². The molecule has 1 heterocycles. The van der Waals surface area contributed by atoms with Gasteiger partial charge < -0.3 is 23.8 Å². The van der Waals surface area contributed by atoms with E-state index >= 15 is 0 Å². The highest BCUT2D eigenvalue weighted by Gasteiger charge is 2.34. The van der Waals surface area contributed by atoms with Crippen molar-refractivity contribution in [3.05, 3.63) is 47.0 Å². The molecule has 1 amide bonds. The van der Waals surface area contributed by atoms with Crippen LogP contribution >= 0.6 is 0 Å². The average molecular weight is 399 g/mol. The molecule has 2 aromatic rings. The van der Waals surface area contributed by atoms with Crippen LogP contribution in [0.3, 0.4) is 0 Å². The number of nitrogens with zero attached hydrogens (tertiary/aromatic N) is 1. The Bertz CT molecular complexity index is 871. The Kier molecular flexibility index (Phi) is 6.20. The molecule has 0 aliphatic carbocycles. The topological polar surface area (TPSA) is 57.2 Å². The van der Waals surface area contributed by atoms with Crippen molar-refractivity contribution in [1.29, 1.82) is 0 Å². The van der Waals surface area contributed by atoms with Crippen molar-refractivity contribution in [3.8, 4) is 23.0 Å². The number of carbonyl (C=O) groups is 1. The molecular weight excluding hydrogens is 370 g/mol. The van der Waals surface area contributed by atoms with Gasteiger partial charge in [0.15, 0.2) is 11.5 Å². The van der Waals surface area contributed by atoms with Crippen molar-refractivity contribution < 1.29 is 23.7 Å². The monoisotopic (exact) mass is 399 g/mol. The van der Waals surface area contributed by atoms with Gasteiger partial charge in [0.2, 0.25) is 0 Å². The Balaban J connectivity index is 2.04. The van der Waals surface area contributed by atoms with Gasteiger partial charge in [-0.1, -0.05) is 13.8 Å². The Morgan fingerprint density at radius 1 is 0.897 bits per heavy atom. The molecule has 0 aromatic heterocycles. The van der Waals surface area contributed by atoms with Gasteiger partial charge in [-0.05, 0) is 47.7 Å². The van der Waals surface area contributed by atoms with Crippen molar-refractivity contribution in [1.82, 2.24) is 4.90 Å². The van der Waals surface area contributed by atoms with Crippen molar-refractivity contribution in [3.63, 3.8) is 0 Å². The number of benzene rings is 2. The van der Waals surface area contributed by atoms with E-state index in [1.54, 1.807) is 46.6 Å². The Morgan fingerprint density at radius 2 is 1.48 bits per heavy atom. The molecule has 6 nitrogen and oxygen atoms in total. The quantitative estimate of drug-likeness (QED) is 0.731. The van der Waals surface area contributed by atoms with Crippen molar-refractivity contribution in [2.75, 3.05) is 35.0 Å². The second-order valence-electron chi connectivity index (χ2n) is 7.44. The number of hydrogen-bond acceptors (Lipinski definition) is 5. The summed E-state index contributed by atoms with van der Waals surface area (Å²) in [5, 5.41) is 0. The number of rotatable bonds is 6. The Labute approximate surface area is 172 Å². The standard InChI is InChI=1S/C23H29NO5/c1-14(2)22-19-13-21(29-6)20(28-5)11-15(19)7-8-24(22)23(25)16-9-17(26-3)12-18(10-16)27-4/h9-14,22H,7-8H2,1-6H3/t22-/m1/s1. The van der Waals surface area contributed by atoms with Gasteiger partial charge in [0.05, 0.1) is 34.5 Å². The van der Waals surface area contributed by atoms with Crippen LogP contribution < -0.4 is 18.9 Å². The fourth-order valence-corrected chi connectivity index (χ4v) is 4.02. The third kappa shape index (κ3) is 3.97. The molecule has 1 aliphatic rings. The fraction of sp³-hybridized carbons (Fsp3) is 0.435. The zero-order valence-corrected chi connectivity index (χ0v) is 17.9. The van der Waals surface area contributed by atoms with Gasteiger partial charge in [0.25, 0.3) is 5.91 Å². The summed E-state index contributed by atoms with van der Waals surface area (Å²) in [6.45, 7) is 4.88. The van der Waals surface area contributed by atoms with E-state index < -0.39 is 0 Å². The predicted octanol–water partition coefficient (Wildman–Crippen LogP) is 4.12. The molecule has 6 heteroatoms. The Morgan fingerprint density at radius 3 is 2.00 bits per heavy atom. The molecule has 0 radical (unpaired) electrons. The molecule has 0 saturated heterocycles. The van der Waals surface area contributed by atoms with Crippen LogP contribution in [0.1, 0.15) is 41.4 Å². The number of fused-ring (bicyclic) bond motifs is 1. The van der Waals surface area contributed by atoms with E-state index in [0.717, 1.165) is 12.0 Å². The molecule has 0 N–H and O–H groups in total. The van der Waals surface area contributed by atoms with Crippen molar-refractivity contribution in [2.45, 2.75) is 26.3 Å². The van der Waals surface area contributed by atoms with Crippen molar-refractivity contribution in [2.24, 2.45) is 5.92 Å². The highest BCUT2D eigenvalue weighted by Crippen LogP contribution is 2.41. The lowest BCUT2D eigenvalue weighted by Crippen LogP contribution is -2.42. The summed E-state index contributed by atoms with van der Waals surface area (Å²) in [6, 6.07) is 9.24. The summed E-state index contributed by atoms with van der Waals surface area (Å²) in [5.41, 5.74) is 2.84. The zero-order chi connectivity index (χ0) is 21.1. The summed E-state index contributed by atoms with van der Waals surface area (Å²) in [4.78, 5) is 15.4. The van der Waals surface area contributed by atoms with E-state index in [2.05, 4.69) is 13.8 Å². The summed E-state index contributed by atoms with van der Waals surface area (Å²) in [7, 11) is 6.43. The first-order valence-corrected chi connectivity index (χ1v) is 9.72. The molecule has 2 aromatic carbocycles. The van der Waals surface area contributed by atoms with Crippen LogP contribution in [0.4, 0.5) is 0 Å². The summed E-state index contributed by atoms with van der Waals surface area (Å²) in [6.07, 6.45) is 0.756. The molecule has 1 atom stereocenters. The molecule has 0 fully saturated rings. The molecule has 3 rings (SSSR count). The van der Waals surface area contributed by atoms with Crippen LogP contribution in [-0.2, 0) is 6.42 Å². The minimum Gasteiger partial charge on any atom is -0.497 e. The zero-order valence-electron chi connectivity index (χ0n) is 17.9. The minimum absolute atomic E-state index is 0.0404. The van der Waals surface area contributed by atoms with Crippen LogP contribution in [0.25, 0.3) is 0 Å². The smallest absolute Gasteiger partial charge is 0.254 e. The lowest BCUT2D eigenvalue weighted by atomic mass is 9.85. The van der Waals surface area contributed by atoms with E-state index in [0.29, 0.717) is 35.1 Å². The van der Waals surface area contributed by atoms with Gasteiger partial charge in [-0.3, -0.25) is 4.79 Å². The van der Waals surface area contributed by atoms with Gasteiger partial charge >= 0.3 is 0 Å². The third-order valence-electron chi connectivity index (χ3n) is 5.41. The lowest BCUT2D eigenvalue weighted by Gasteiger charge is -2.40. The SMILES string of the molecule is COc1cc(OC)cc(C(=O)N2CCc3cc(OC)c(OC)cc3[C@H]2C(C)C)c1. The van der Waals surface area contributed by atoms with Crippen LogP contribution in [0.5, 0.6) is 23.0 Å². The first-order valence-electron chi connectivity index (χ1n) is 9.72. The van der Waals surface area contributed by atoms with Crippen LogP contribution in [-0.4, -0.2) is 45.8 Å². The molecule has 0 bridgehead atoms. The second kappa shape index (κ2) is 8.64. The number of hydrogen-bond donors (Lipinski definition) is 0. The van der Waals surface area contributed by atoms with Crippen LogP contribution in [0.15, 0.2) is 30.3 Å². The fourth-order valence-electron chi connectivity index (χ4n) is 4.02. The first kappa shape index (κ1) is 20.8. The lowest BCUT2D eigenvalue weighted by molar-refractivity contribution is 0.0602. The van der Waals surface area contributed by atoms with Crippen LogP contribution in [0.2, 0.25) is 0 Å². The largest absolute Gasteiger partial charge is 0.497 e. The number of methoxy groups -OCH3 is 4. The predicted molar refractivity (Wildman–Crippen MR) is 111 cm³/mol. The van der Waals surface area contributed by atoms with E-state index in [4.69, 9.17) is 18.9 Å². The maximum atomic E-state index is 13.5. The minimum atomic E-state index is -0.0664. The number of amides is 1. The molecule has 156 valence electrons. The molecular formula is C23H29NO5. The van der Waals surface area contributed by atoms with Gasteiger partial charge in [-0.2, -0.15) is 0 Å².